The number of hydrogen-bond donors (Lipinski definition) is 1. The van der Waals surface area contributed by atoms with Gasteiger partial charge in [-0.3, -0.25) is 4.79 Å². The zero-order valence-corrected chi connectivity index (χ0v) is 14.1. The van der Waals surface area contributed by atoms with E-state index < -0.39 is 0 Å². The van der Waals surface area contributed by atoms with Gasteiger partial charge in [-0.15, -0.1) is 10.2 Å². The lowest BCUT2D eigenvalue weighted by molar-refractivity contribution is 0.102. The van der Waals surface area contributed by atoms with Gasteiger partial charge in [-0.05, 0) is 24.3 Å². The molecular weight excluding hydrogens is 324 g/mol. The van der Waals surface area contributed by atoms with E-state index in [1.54, 1.807) is 31.2 Å². The standard InChI is InChI=1S/C17H18N4O4/c1-10(2)16-15(18-9-24-16)17(22)19-12-4-6-13(7-5-12)23-8-14-21-20-11(3)25-14/h4-7,9-10H,8H2,1-3H3,(H,19,22). The van der Waals surface area contributed by atoms with E-state index in [1.807, 2.05) is 13.8 Å². The molecule has 0 atom stereocenters. The van der Waals surface area contributed by atoms with E-state index in [0.29, 0.717) is 34.7 Å². The Labute approximate surface area is 144 Å². The van der Waals surface area contributed by atoms with Crippen molar-refractivity contribution >= 4 is 11.6 Å². The molecule has 0 saturated heterocycles. The monoisotopic (exact) mass is 342 g/mol. The van der Waals surface area contributed by atoms with E-state index in [0.717, 1.165) is 0 Å². The van der Waals surface area contributed by atoms with E-state index in [4.69, 9.17) is 13.6 Å². The maximum absolute atomic E-state index is 12.3. The number of aromatic nitrogens is 3. The highest BCUT2D eigenvalue weighted by atomic mass is 16.5. The molecule has 0 aliphatic rings. The molecule has 0 radical (unpaired) electrons. The van der Waals surface area contributed by atoms with Gasteiger partial charge in [-0.2, -0.15) is 0 Å². The number of carbonyl (C=O) groups excluding carboxylic acids is 1. The second-order valence-corrected chi connectivity index (χ2v) is 5.70. The Morgan fingerprint density at radius 1 is 1.24 bits per heavy atom. The topological polar surface area (TPSA) is 103 Å². The molecule has 0 fully saturated rings. The van der Waals surface area contributed by atoms with Crippen molar-refractivity contribution in [2.75, 3.05) is 5.32 Å². The number of nitrogens with zero attached hydrogens (tertiary/aromatic N) is 3. The molecule has 0 spiro atoms. The first-order valence-corrected chi connectivity index (χ1v) is 7.79. The molecule has 3 aromatic rings. The van der Waals surface area contributed by atoms with E-state index in [9.17, 15) is 4.79 Å². The average Bonchev–Trinajstić information content (AvgIpc) is 3.23. The number of anilines is 1. The van der Waals surface area contributed by atoms with Gasteiger partial charge in [0.15, 0.2) is 18.7 Å². The number of aryl methyl sites for hydroxylation is 1. The Morgan fingerprint density at radius 3 is 2.64 bits per heavy atom. The fourth-order valence-electron chi connectivity index (χ4n) is 2.20. The van der Waals surface area contributed by atoms with E-state index in [2.05, 4.69) is 20.5 Å². The Balaban J connectivity index is 1.60. The number of nitrogens with one attached hydrogen (secondary N) is 1. The van der Waals surface area contributed by atoms with E-state index in [-0.39, 0.29) is 18.4 Å². The molecule has 0 bridgehead atoms. The molecule has 0 unspecified atom stereocenters. The van der Waals surface area contributed by atoms with Gasteiger partial charge in [0.25, 0.3) is 11.8 Å². The largest absolute Gasteiger partial charge is 0.484 e. The number of rotatable bonds is 6. The van der Waals surface area contributed by atoms with Crippen molar-refractivity contribution in [2.24, 2.45) is 0 Å². The molecule has 0 saturated carbocycles. The van der Waals surface area contributed by atoms with Crippen LogP contribution >= 0.6 is 0 Å². The maximum Gasteiger partial charge on any atom is 0.277 e. The van der Waals surface area contributed by atoms with Crippen molar-refractivity contribution in [1.29, 1.82) is 0 Å². The van der Waals surface area contributed by atoms with Gasteiger partial charge >= 0.3 is 0 Å². The van der Waals surface area contributed by atoms with Crippen LogP contribution in [0.3, 0.4) is 0 Å². The van der Waals surface area contributed by atoms with Gasteiger partial charge in [0.1, 0.15) is 11.5 Å². The smallest absolute Gasteiger partial charge is 0.277 e. The highest BCUT2D eigenvalue weighted by molar-refractivity contribution is 6.03. The summed E-state index contributed by atoms with van der Waals surface area (Å²) in [6.45, 7) is 5.78. The van der Waals surface area contributed by atoms with Crippen LogP contribution in [-0.2, 0) is 6.61 Å². The van der Waals surface area contributed by atoms with Gasteiger partial charge < -0.3 is 18.9 Å². The van der Waals surface area contributed by atoms with Crippen molar-refractivity contribution in [3.05, 3.63) is 53.9 Å². The molecule has 0 aliphatic heterocycles. The predicted octanol–water partition coefficient (Wildman–Crippen LogP) is 3.32. The van der Waals surface area contributed by atoms with Crippen LogP contribution < -0.4 is 10.1 Å². The molecule has 8 heteroatoms. The normalized spacial score (nSPS) is 10.9. The summed E-state index contributed by atoms with van der Waals surface area (Å²) in [5.74, 6) is 1.85. The van der Waals surface area contributed by atoms with Crippen LogP contribution in [0.5, 0.6) is 5.75 Å². The quantitative estimate of drug-likeness (QED) is 0.733. The van der Waals surface area contributed by atoms with E-state index in [1.165, 1.54) is 6.39 Å². The number of ether oxygens (including phenoxy) is 1. The summed E-state index contributed by atoms with van der Waals surface area (Å²) < 4.78 is 16.1. The summed E-state index contributed by atoms with van der Waals surface area (Å²) in [6.07, 6.45) is 1.28. The number of amides is 1. The molecular formula is C17H18N4O4. The Kier molecular flexibility index (Phi) is 4.78. The van der Waals surface area contributed by atoms with Crippen molar-refractivity contribution in [3.8, 4) is 5.75 Å². The molecule has 2 heterocycles. The van der Waals surface area contributed by atoms with Crippen LogP contribution in [0.25, 0.3) is 0 Å². The zero-order chi connectivity index (χ0) is 17.8. The first-order chi connectivity index (χ1) is 12.0. The minimum atomic E-state index is -0.313. The first kappa shape index (κ1) is 16.7. The average molecular weight is 342 g/mol. The highest BCUT2D eigenvalue weighted by Gasteiger charge is 2.19. The Bertz CT molecular complexity index is 852. The predicted molar refractivity (Wildman–Crippen MR) is 88.4 cm³/mol. The minimum absolute atomic E-state index is 0.0763. The van der Waals surface area contributed by atoms with E-state index >= 15 is 0 Å². The molecule has 3 rings (SSSR count). The summed E-state index contributed by atoms with van der Waals surface area (Å²) in [7, 11) is 0. The second-order valence-electron chi connectivity index (χ2n) is 5.70. The number of hydrogen-bond acceptors (Lipinski definition) is 7. The number of carbonyl (C=O) groups is 1. The summed E-state index contributed by atoms with van der Waals surface area (Å²) in [4.78, 5) is 16.3. The third kappa shape index (κ3) is 4.03. The fourth-order valence-corrected chi connectivity index (χ4v) is 2.20. The lowest BCUT2D eigenvalue weighted by atomic mass is 10.1. The van der Waals surface area contributed by atoms with Crippen LogP contribution in [0.15, 0.2) is 39.5 Å². The van der Waals surface area contributed by atoms with Crippen LogP contribution in [-0.4, -0.2) is 21.1 Å². The highest BCUT2D eigenvalue weighted by Crippen LogP contribution is 2.21. The first-order valence-electron chi connectivity index (χ1n) is 7.79. The fraction of sp³-hybridized carbons (Fsp3) is 0.294. The molecule has 2 aromatic heterocycles. The van der Waals surface area contributed by atoms with Crippen molar-refractivity contribution in [2.45, 2.75) is 33.3 Å². The summed E-state index contributed by atoms with van der Waals surface area (Å²) in [5, 5.41) is 10.4. The van der Waals surface area contributed by atoms with Crippen LogP contribution in [0.1, 0.15) is 47.8 Å². The number of oxazole rings is 1. The zero-order valence-electron chi connectivity index (χ0n) is 14.1. The molecule has 1 amide bonds. The third-order valence-corrected chi connectivity index (χ3v) is 3.38. The molecule has 8 nitrogen and oxygen atoms in total. The summed E-state index contributed by atoms with van der Waals surface area (Å²) in [5.41, 5.74) is 0.922. The van der Waals surface area contributed by atoms with Crippen molar-refractivity contribution < 1.29 is 18.4 Å². The second kappa shape index (κ2) is 7.16. The minimum Gasteiger partial charge on any atom is -0.484 e. The molecule has 25 heavy (non-hydrogen) atoms. The molecule has 0 aliphatic carbocycles. The molecule has 130 valence electrons. The van der Waals surface area contributed by atoms with Gasteiger partial charge in [0.2, 0.25) is 5.89 Å². The van der Waals surface area contributed by atoms with Gasteiger partial charge in [0.05, 0.1) is 0 Å². The SMILES string of the molecule is Cc1nnc(COc2ccc(NC(=O)c3ncoc3C(C)C)cc2)o1. The van der Waals surface area contributed by atoms with Gasteiger partial charge in [-0.25, -0.2) is 4.98 Å². The van der Waals surface area contributed by atoms with Gasteiger partial charge in [0, 0.05) is 18.5 Å². The number of benzene rings is 1. The summed E-state index contributed by atoms with van der Waals surface area (Å²) in [6, 6.07) is 6.96. The van der Waals surface area contributed by atoms with Crippen LogP contribution in [0.4, 0.5) is 5.69 Å². The molecule has 1 aromatic carbocycles. The van der Waals surface area contributed by atoms with Crippen LogP contribution in [0.2, 0.25) is 0 Å². The Hall–Kier alpha value is -3.16. The van der Waals surface area contributed by atoms with Crippen LogP contribution in [0, 0.1) is 6.92 Å². The van der Waals surface area contributed by atoms with Gasteiger partial charge in [-0.1, -0.05) is 13.8 Å². The third-order valence-electron chi connectivity index (χ3n) is 3.38. The van der Waals surface area contributed by atoms with Crippen molar-refractivity contribution in [3.63, 3.8) is 0 Å². The maximum atomic E-state index is 12.3. The lowest BCUT2D eigenvalue weighted by Gasteiger charge is -2.07. The van der Waals surface area contributed by atoms with Crippen molar-refractivity contribution in [1.82, 2.24) is 15.2 Å². The Morgan fingerprint density at radius 2 is 2.00 bits per heavy atom. The summed E-state index contributed by atoms with van der Waals surface area (Å²) >= 11 is 0. The molecule has 1 N–H and O–H groups in total. The lowest BCUT2D eigenvalue weighted by Crippen LogP contribution is -2.14.